The number of alkyl halides is 1. The molecule has 0 saturated carbocycles. The standard InChI is InChI=1S/C13H12ClFO2/c14-4-1-2-10-6-11(15)8-13(7-10)17-12-3-5-16-9-12/h6-8,12H,3-5,9H2. The highest BCUT2D eigenvalue weighted by molar-refractivity contribution is 6.19. The van der Waals surface area contributed by atoms with Crippen molar-refractivity contribution in [2.24, 2.45) is 0 Å². The Hall–Kier alpha value is -1.24. The van der Waals surface area contributed by atoms with Gasteiger partial charge in [-0.05, 0) is 12.1 Å². The summed E-state index contributed by atoms with van der Waals surface area (Å²) in [5.74, 6) is 5.80. The van der Waals surface area contributed by atoms with Gasteiger partial charge in [0.1, 0.15) is 17.7 Å². The van der Waals surface area contributed by atoms with Crippen molar-refractivity contribution < 1.29 is 13.9 Å². The van der Waals surface area contributed by atoms with Crippen LogP contribution in [0.2, 0.25) is 0 Å². The summed E-state index contributed by atoms with van der Waals surface area (Å²) in [4.78, 5) is 0. The summed E-state index contributed by atoms with van der Waals surface area (Å²) in [6.07, 6.45) is 0.838. The van der Waals surface area contributed by atoms with E-state index in [0.29, 0.717) is 24.5 Å². The Kier molecular flexibility index (Phi) is 4.24. The molecule has 0 spiro atoms. The van der Waals surface area contributed by atoms with Gasteiger partial charge in [-0.15, -0.1) is 11.6 Å². The van der Waals surface area contributed by atoms with Gasteiger partial charge >= 0.3 is 0 Å². The van der Waals surface area contributed by atoms with E-state index in [1.807, 2.05) is 0 Å². The highest BCUT2D eigenvalue weighted by Crippen LogP contribution is 2.20. The van der Waals surface area contributed by atoms with Gasteiger partial charge in [-0.2, -0.15) is 0 Å². The molecular weight excluding hydrogens is 243 g/mol. The molecule has 1 heterocycles. The summed E-state index contributed by atoms with van der Waals surface area (Å²) in [7, 11) is 0. The molecule has 1 aliphatic heterocycles. The van der Waals surface area contributed by atoms with Gasteiger partial charge in [0, 0.05) is 18.1 Å². The minimum atomic E-state index is -0.361. The van der Waals surface area contributed by atoms with Gasteiger partial charge in [-0.25, -0.2) is 4.39 Å². The molecule has 0 aromatic heterocycles. The second kappa shape index (κ2) is 5.90. The van der Waals surface area contributed by atoms with Crippen molar-refractivity contribution in [3.63, 3.8) is 0 Å². The molecular formula is C13H12ClFO2. The van der Waals surface area contributed by atoms with E-state index in [0.717, 1.165) is 6.42 Å². The van der Waals surface area contributed by atoms with Gasteiger partial charge in [-0.3, -0.25) is 0 Å². The van der Waals surface area contributed by atoms with E-state index in [2.05, 4.69) is 11.8 Å². The molecule has 17 heavy (non-hydrogen) atoms. The largest absolute Gasteiger partial charge is 0.488 e. The molecule has 1 aromatic carbocycles. The predicted molar refractivity (Wildman–Crippen MR) is 63.9 cm³/mol. The first-order valence-electron chi connectivity index (χ1n) is 5.38. The Labute approximate surface area is 105 Å². The predicted octanol–water partition coefficient (Wildman–Crippen LogP) is 2.58. The highest BCUT2D eigenvalue weighted by atomic mass is 35.5. The van der Waals surface area contributed by atoms with Crippen LogP contribution in [-0.2, 0) is 4.74 Å². The fraction of sp³-hybridized carbons (Fsp3) is 0.385. The van der Waals surface area contributed by atoms with Gasteiger partial charge in [0.2, 0.25) is 0 Å². The molecule has 90 valence electrons. The van der Waals surface area contributed by atoms with Crippen molar-refractivity contribution in [3.8, 4) is 17.6 Å². The van der Waals surface area contributed by atoms with E-state index >= 15 is 0 Å². The summed E-state index contributed by atoms with van der Waals surface area (Å²) in [6.45, 7) is 1.25. The Morgan fingerprint density at radius 3 is 3.06 bits per heavy atom. The van der Waals surface area contributed by atoms with Gasteiger partial charge in [0.25, 0.3) is 0 Å². The molecule has 1 atom stereocenters. The number of halogens is 2. The van der Waals surface area contributed by atoms with Gasteiger partial charge in [-0.1, -0.05) is 11.8 Å². The Morgan fingerprint density at radius 2 is 2.35 bits per heavy atom. The van der Waals surface area contributed by atoms with E-state index in [1.54, 1.807) is 6.07 Å². The second-order valence-electron chi connectivity index (χ2n) is 3.71. The van der Waals surface area contributed by atoms with E-state index in [-0.39, 0.29) is 17.8 Å². The zero-order chi connectivity index (χ0) is 12.1. The van der Waals surface area contributed by atoms with Crippen LogP contribution in [-0.4, -0.2) is 25.2 Å². The van der Waals surface area contributed by atoms with Crippen molar-refractivity contribution >= 4 is 11.6 Å². The quantitative estimate of drug-likeness (QED) is 0.597. The van der Waals surface area contributed by atoms with Crippen molar-refractivity contribution in [1.82, 2.24) is 0 Å². The van der Waals surface area contributed by atoms with Crippen molar-refractivity contribution in [2.75, 3.05) is 19.1 Å². The van der Waals surface area contributed by atoms with Crippen molar-refractivity contribution in [2.45, 2.75) is 12.5 Å². The summed E-state index contributed by atoms with van der Waals surface area (Å²) in [6, 6.07) is 4.42. The first-order chi connectivity index (χ1) is 8.28. The minimum Gasteiger partial charge on any atom is -0.488 e. The van der Waals surface area contributed by atoms with Crippen LogP contribution >= 0.6 is 11.6 Å². The van der Waals surface area contributed by atoms with Crippen LogP contribution < -0.4 is 4.74 Å². The first kappa shape index (κ1) is 12.2. The molecule has 1 aromatic rings. The highest BCUT2D eigenvalue weighted by Gasteiger charge is 2.17. The summed E-state index contributed by atoms with van der Waals surface area (Å²) >= 11 is 5.45. The lowest BCUT2D eigenvalue weighted by Crippen LogP contribution is -2.15. The normalized spacial score (nSPS) is 18.6. The topological polar surface area (TPSA) is 18.5 Å². The third-order valence-electron chi connectivity index (χ3n) is 2.36. The lowest BCUT2D eigenvalue weighted by Gasteiger charge is -2.11. The Bertz CT molecular complexity index is 444. The molecule has 0 aliphatic carbocycles. The van der Waals surface area contributed by atoms with Crippen LogP contribution in [0.15, 0.2) is 18.2 Å². The van der Waals surface area contributed by atoms with Crippen LogP contribution in [0, 0.1) is 17.7 Å². The molecule has 0 amide bonds. The summed E-state index contributed by atoms with van der Waals surface area (Å²) in [5, 5.41) is 0. The maximum absolute atomic E-state index is 13.3. The summed E-state index contributed by atoms with van der Waals surface area (Å²) < 4.78 is 24.1. The molecule has 2 rings (SSSR count). The maximum atomic E-state index is 13.3. The van der Waals surface area contributed by atoms with Crippen LogP contribution in [0.5, 0.6) is 5.75 Å². The maximum Gasteiger partial charge on any atom is 0.128 e. The van der Waals surface area contributed by atoms with Crippen molar-refractivity contribution in [3.05, 3.63) is 29.6 Å². The van der Waals surface area contributed by atoms with Crippen LogP contribution in [0.4, 0.5) is 4.39 Å². The zero-order valence-electron chi connectivity index (χ0n) is 9.21. The van der Waals surface area contributed by atoms with Crippen LogP contribution in [0.3, 0.4) is 0 Å². The van der Waals surface area contributed by atoms with E-state index in [1.165, 1.54) is 12.1 Å². The molecule has 0 bridgehead atoms. The average molecular weight is 255 g/mol. The van der Waals surface area contributed by atoms with Gasteiger partial charge in [0.15, 0.2) is 0 Å². The first-order valence-corrected chi connectivity index (χ1v) is 5.91. The van der Waals surface area contributed by atoms with Crippen molar-refractivity contribution in [1.29, 1.82) is 0 Å². The lowest BCUT2D eigenvalue weighted by atomic mass is 10.2. The average Bonchev–Trinajstić information content (AvgIpc) is 2.78. The number of ether oxygens (including phenoxy) is 2. The third-order valence-corrected chi connectivity index (χ3v) is 2.50. The molecule has 1 saturated heterocycles. The Morgan fingerprint density at radius 1 is 1.47 bits per heavy atom. The van der Waals surface area contributed by atoms with E-state index in [4.69, 9.17) is 21.1 Å². The molecule has 1 aliphatic rings. The van der Waals surface area contributed by atoms with E-state index < -0.39 is 0 Å². The number of hydrogen-bond donors (Lipinski definition) is 0. The molecule has 1 unspecified atom stereocenters. The molecule has 0 N–H and O–H groups in total. The second-order valence-corrected chi connectivity index (χ2v) is 3.98. The fourth-order valence-corrected chi connectivity index (χ4v) is 1.70. The number of rotatable bonds is 2. The lowest BCUT2D eigenvalue weighted by molar-refractivity contribution is 0.141. The molecule has 1 fully saturated rings. The van der Waals surface area contributed by atoms with Crippen LogP contribution in [0.25, 0.3) is 0 Å². The SMILES string of the molecule is Fc1cc(C#CCCl)cc(OC2CCOC2)c1. The number of benzene rings is 1. The zero-order valence-corrected chi connectivity index (χ0v) is 9.97. The van der Waals surface area contributed by atoms with Gasteiger partial charge < -0.3 is 9.47 Å². The monoisotopic (exact) mass is 254 g/mol. The molecule has 4 heteroatoms. The van der Waals surface area contributed by atoms with Crippen LogP contribution in [0.1, 0.15) is 12.0 Å². The number of hydrogen-bond acceptors (Lipinski definition) is 2. The third kappa shape index (κ3) is 3.62. The molecule has 0 radical (unpaired) electrons. The fourth-order valence-electron chi connectivity index (χ4n) is 1.64. The van der Waals surface area contributed by atoms with Gasteiger partial charge in [0.05, 0.1) is 19.1 Å². The molecule has 2 nitrogen and oxygen atoms in total. The smallest absolute Gasteiger partial charge is 0.128 e. The Balaban J connectivity index is 2.12. The summed E-state index contributed by atoms with van der Waals surface area (Å²) in [5.41, 5.74) is 0.569. The minimum absolute atomic E-state index is 0.00522. The van der Waals surface area contributed by atoms with E-state index in [9.17, 15) is 4.39 Å².